The number of rotatable bonds is 12. The molecule has 0 heterocycles. The molecule has 0 N–H and O–H groups in total. The first-order valence-electron chi connectivity index (χ1n) is 31.2. The normalized spacial score (nSPS) is 11.8. The van der Waals surface area contributed by atoms with Crippen LogP contribution in [0.15, 0.2) is 315 Å². The van der Waals surface area contributed by atoms with Gasteiger partial charge in [0.1, 0.15) is 74.1 Å². The van der Waals surface area contributed by atoms with Gasteiger partial charge in [0.2, 0.25) is 0 Å². The zero-order chi connectivity index (χ0) is 63.9. The molecule has 0 unspecified atom stereocenters. The maximum atomic E-state index is 7.28. The molecule has 0 atom stereocenters. The Labute approximate surface area is 638 Å². The molecule has 96 heavy (non-hydrogen) atoms. The van der Waals surface area contributed by atoms with Crippen molar-refractivity contribution in [3.63, 3.8) is 0 Å². The Morgan fingerprint density at radius 1 is 0.229 bits per heavy atom. The molecule has 0 nitrogen and oxygen atoms in total. The Kier molecular flexibility index (Phi) is 29.6. The van der Waals surface area contributed by atoms with Gasteiger partial charge in [0.25, 0.3) is 0 Å². The molecule has 0 saturated heterocycles. The fourth-order valence-corrected chi connectivity index (χ4v) is 28.2. The molecule has 8 heteroatoms. The topological polar surface area (TPSA) is 0 Å². The van der Waals surface area contributed by atoms with E-state index in [4.69, 9.17) is 25.7 Å². The van der Waals surface area contributed by atoms with E-state index in [1.807, 2.05) is 48.5 Å². The van der Waals surface area contributed by atoms with Gasteiger partial charge in [0, 0.05) is 10.8 Å². The van der Waals surface area contributed by atoms with Crippen molar-refractivity contribution in [1.29, 1.82) is 0 Å². The number of hydrogen-bond donors (Lipinski definition) is 0. The second-order valence-electron chi connectivity index (χ2n) is 24.0. The van der Waals surface area contributed by atoms with Gasteiger partial charge in [-0.3, -0.25) is 23.7 Å². The van der Waals surface area contributed by atoms with Gasteiger partial charge in [-0.1, -0.05) is 198 Å². The van der Waals surface area contributed by atoms with E-state index < -0.39 is 31.7 Å². The Hall–Kier alpha value is -6.44. The van der Waals surface area contributed by atoms with Gasteiger partial charge in [0.05, 0.1) is 0 Å². The molecule has 12 aromatic rings. The van der Waals surface area contributed by atoms with Crippen LogP contribution < -0.4 is 42.4 Å². The summed E-state index contributed by atoms with van der Waals surface area (Å²) in [5.74, 6) is 12.3. The Bertz CT molecular complexity index is 3870. The minimum absolute atomic E-state index is 0. The van der Waals surface area contributed by atoms with E-state index in [0.717, 1.165) is 22.3 Å². The van der Waals surface area contributed by atoms with Crippen molar-refractivity contribution < 1.29 is 89.5 Å². The molecule has 0 fully saturated rings. The van der Waals surface area contributed by atoms with E-state index in [9.17, 15) is 0 Å². The Morgan fingerprint density at radius 2 is 0.375 bits per heavy atom. The molecule has 2 aliphatic rings. The first-order chi connectivity index (χ1) is 45.0. The van der Waals surface area contributed by atoms with Gasteiger partial charge in [0.15, 0.2) is 11.8 Å². The van der Waals surface area contributed by atoms with Gasteiger partial charge < -0.3 is 25.7 Å². The maximum absolute atomic E-state index is 7.28. The molecular weight excluding hydrogens is 1970 g/mol. The average Bonchev–Trinajstić information content (AvgIpc) is 1.59. The summed E-state index contributed by atoms with van der Waals surface area (Å²) in [6.07, 6.45) is 29.1. The van der Waals surface area contributed by atoms with Crippen LogP contribution >= 0.6 is 31.7 Å². The second-order valence-corrected chi connectivity index (χ2v) is 35.3. The minimum atomic E-state index is -0.847. The predicted octanol–water partition coefficient (Wildman–Crippen LogP) is 17.1. The summed E-state index contributed by atoms with van der Waals surface area (Å²) in [7, 11) is -3.39. The van der Waals surface area contributed by atoms with Gasteiger partial charge in [-0.05, 0) is 142 Å². The molecule has 0 aliphatic heterocycles. The fraction of sp³-hybridized carbons (Fsp3) is 0.0909. The molecule has 0 radical (unpaired) electrons. The smallest absolute Gasteiger partial charge is 0.366 e. The second kappa shape index (κ2) is 36.9. The minimum Gasteiger partial charge on any atom is -0.366 e. The van der Waals surface area contributed by atoms with Crippen molar-refractivity contribution in [3.8, 4) is 45.9 Å². The SMILES string of the molecule is [Au+].[Au+].[Au+].[Au+].[C-]#Cc1ccc2c(c1)C(C)(C)c1cc(C#[C-])ccc1-2.[C-]#Cc1ccc2c(c1)C(C)(C)c1cc(C#[C-])ccc1-2.c1ccc([PH+](C[PH+](c2ccccc2)c2ccccc2)c2ccccc2)cc1.c1ccc([PH+](C[PH+](c2ccccc2)c2ccccc2)c2ccccc2)cc1. The molecule has 2 aliphatic carbocycles. The fourth-order valence-electron chi connectivity index (χ4n) is 12.7. The largest absolute Gasteiger partial charge is 1.00 e. The van der Waals surface area contributed by atoms with Crippen molar-refractivity contribution >= 4 is 74.1 Å². The third-order valence-electron chi connectivity index (χ3n) is 17.6. The van der Waals surface area contributed by atoms with E-state index in [-0.39, 0.29) is 100 Å². The van der Waals surface area contributed by atoms with Gasteiger partial charge >= 0.3 is 89.5 Å². The average molecular weight is 2040 g/mol. The Morgan fingerprint density at radius 3 is 0.510 bits per heavy atom. The predicted molar refractivity (Wildman–Crippen MR) is 405 cm³/mol. The van der Waals surface area contributed by atoms with Gasteiger partial charge in [-0.15, -0.1) is 70.8 Å². The van der Waals surface area contributed by atoms with Crippen LogP contribution in [0.1, 0.15) is 72.2 Å². The van der Waals surface area contributed by atoms with E-state index in [0.29, 0.717) is 0 Å². The third kappa shape index (κ3) is 18.3. The third-order valence-corrected chi connectivity index (χ3v) is 31.5. The summed E-state index contributed by atoms with van der Waals surface area (Å²) in [6, 6.07) is 113. The first-order valence-corrected chi connectivity index (χ1v) is 38.0. The van der Waals surface area contributed by atoms with E-state index in [1.165, 1.54) is 98.7 Å². The van der Waals surface area contributed by atoms with Crippen molar-refractivity contribution in [2.75, 3.05) is 11.8 Å². The summed E-state index contributed by atoms with van der Waals surface area (Å²) >= 11 is 0. The first kappa shape index (κ1) is 76.9. The summed E-state index contributed by atoms with van der Waals surface area (Å²) in [6.45, 7) is 8.72. The quantitative estimate of drug-likeness (QED) is 0.0495. The van der Waals surface area contributed by atoms with Crippen LogP contribution in [0, 0.1) is 49.4 Å². The number of fused-ring (bicyclic) bond motifs is 6. The molecule has 0 spiro atoms. The zero-order valence-electron chi connectivity index (χ0n) is 53.6. The van der Waals surface area contributed by atoms with Crippen molar-refractivity contribution in [1.82, 2.24) is 0 Å². The maximum Gasteiger partial charge on any atom is 1.00 e. The number of benzene rings is 12. The summed E-state index contributed by atoms with van der Waals surface area (Å²) in [4.78, 5) is 0. The molecule has 0 saturated carbocycles. The summed E-state index contributed by atoms with van der Waals surface area (Å²) in [5.41, 5.74) is 12.8. The van der Waals surface area contributed by atoms with Crippen LogP contribution in [0.4, 0.5) is 0 Å². The van der Waals surface area contributed by atoms with Crippen molar-refractivity contribution in [2.45, 2.75) is 38.5 Å². The molecule has 0 bridgehead atoms. The van der Waals surface area contributed by atoms with Crippen LogP contribution in [0.3, 0.4) is 0 Å². The summed E-state index contributed by atoms with van der Waals surface area (Å²) in [5, 5.41) is 12.0. The molecule has 0 aromatic heterocycles. The molecule has 484 valence electrons. The number of hydrogen-bond acceptors (Lipinski definition) is 0. The molecule has 0 amide bonds. The van der Waals surface area contributed by atoms with E-state index >= 15 is 0 Å². The van der Waals surface area contributed by atoms with Crippen LogP contribution in [0.25, 0.3) is 22.3 Å². The summed E-state index contributed by atoms with van der Waals surface area (Å²) < 4.78 is 0. The van der Waals surface area contributed by atoms with Crippen LogP contribution in [-0.4, -0.2) is 11.8 Å². The van der Waals surface area contributed by atoms with Crippen molar-refractivity contribution in [2.24, 2.45) is 0 Å². The van der Waals surface area contributed by atoms with Crippen LogP contribution in [0.2, 0.25) is 0 Å². The van der Waals surface area contributed by atoms with Gasteiger partial charge in [-0.2, -0.15) is 0 Å². The van der Waals surface area contributed by atoms with Crippen LogP contribution in [0.5, 0.6) is 0 Å². The van der Waals surface area contributed by atoms with Crippen molar-refractivity contribution in [3.05, 3.63) is 386 Å². The monoisotopic (exact) mass is 2040 g/mol. The van der Waals surface area contributed by atoms with Crippen LogP contribution in [-0.2, 0) is 100 Å². The molecular formula is C88H72Au4P4+4. The van der Waals surface area contributed by atoms with E-state index in [2.05, 4.69) is 318 Å². The standard InChI is InChI=1S/2C25H22P2.2C19H12.4Au/c2*1-5-13-22(14-6-1)26(23-15-7-2-8-16-23)21-27(24-17-9-3-10-18-24)25-19-11-4-12-20-25;2*1-5-13-7-9-15-16-10-8-14(6-2)12-18(16)19(3,4)17(15)11-13;;;;/h2*1-20H,21H2;2*7-12H,3-4H3;;;;/q;;2*-2;4*+1/p+4. The van der Waals surface area contributed by atoms with Gasteiger partial charge in [-0.25, -0.2) is 0 Å². The zero-order valence-corrected chi connectivity index (χ0v) is 66.3. The van der Waals surface area contributed by atoms with E-state index in [1.54, 1.807) is 0 Å². The molecule has 14 rings (SSSR count). The Balaban J connectivity index is 0.000000180. The molecule has 12 aromatic carbocycles.